The summed E-state index contributed by atoms with van der Waals surface area (Å²) in [4.78, 5) is 12.6. The van der Waals surface area contributed by atoms with Crippen LogP contribution in [-0.4, -0.2) is 30.7 Å². The SMILES string of the molecule is CCN(C=O)[C@H](C)Cc1ccc2c(c1)OCO2. The first kappa shape index (κ1) is 11.8. The molecule has 1 aromatic carbocycles. The van der Waals surface area contributed by atoms with Crippen LogP contribution < -0.4 is 9.47 Å². The molecule has 1 heterocycles. The number of nitrogens with zero attached hydrogens (tertiary/aromatic N) is 1. The van der Waals surface area contributed by atoms with E-state index in [2.05, 4.69) is 0 Å². The molecule has 0 unspecified atom stereocenters. The van der Waals surface area contributed by atoms with E-state index in [-0.39, 0.29) is 6.04 Å². The van der Waals surface area contributed by atoms with E-state index in [0.29, 0.717) is 6.79 Å². The fraction of sp³-hybridized carbons (Fsp3) is 0.462. The Balaban J connectivity index is 2.06. The largest absolute Gasteiger partial charge is 0.454 e. The summed E-state index contributed by atoms with van der Waals surface area (Å²) >= 11 is 0. The number of likely N-dealkylation sites (N-methyl/N-ethyl adjacent to an activating group) is 1. The summed E-state index contributed by atoms with van der Waals surface area (Å²) < 4.78 is 10.6. The summed E-state index contributed by atoms with van der Waals surface area (Å²) in [6, 6.07) is 6.11. The van der Waals surface area contributed by atoms with Gasteiger partial charge in [-0.1, -0.05) is 6.07 Å². The Morgan fingerprint density at radius 3 is 2.88 bits per heavy atom. The van der Waals surface area contributed by atoms with E-state index < -0.39 is 0 Å². The predicted molar refractivity (Wildman–Crippen MR) is 64.2 cm³/mol. The van der Waals surface area contributed by atoms with Crippen molar-refractivity contribution in [2.75, 3.05) is 13.3 Å². The highest BCUT2D eigenvalue weighted by atomic mass is 16.7. The molecule has 0 aromatic heterocycles. The molecule has 1 aliphatic rings. The lowest BCUT2D eigenvalue weighted by atomic mass is 10.1. The number of rotatable bonds is 5. The van der Waals surface area contributed by atoms with Gasteiger partial charge in [0.2, 0.25) is 13.2 Å². The van der Waals surface area contributed by atoms with Gasteiger partial charge < -0.3 is 14.4 Å². The Kier molecular flexibility index (Phi) is 3.52. The number of hydrogen-bond acceptors (Lipinski definition) is 3. The Bertz CT molecular complexity index is 406. The molecule has 1 aliphatic heterocycles. The van der Waals surface area contributed by atoms with Gasteiger partial charge in [-0.3, -0.25) is 4.79 Å². The molecular weight excluding hydrogens is 218 g/mol. The molecule has 0 spiro atoms. The van der Waals surface area contributed by atoms with Crippen molar-refractivity contribution < 1.29 is 14.3 Å². The van der Waals surface area contributed by atoms with Gasteiger partial charge in [-0.25, -0.2) is 0 Å². The zero-order valence-corrected chi connectivity index (χ0v) is 10.2. The molecule has 4 heteroatoms. The van der Waals surface area contributed by atoms with Gasteiger partial charge >= 0.3 is 0 Å². The molecule has 1 aromatic rings. The van der Waals surface area contributed by atoms with Crippen LogP contribution in [0.5, 0.6) is 11.5 Å². The molecule has 0 aliphatic carbocycles. The molecule has 0 N–H and O–H groups in total. The summed E-state index contributed by atoms with van der Waals surface area (Å²) in [6.07, 6.45) is 1.72. The maximum atomic E-state index is 10.8. The van der Waals surface area contributed by atoms with Crippen LogP contribution in [0.1, 0.15) is 19.4 Å². The van der Waals surface area contributed by atoms with Gasteiger partial charge in [0.25, 0.3) is 0 Å². The minimum atomic E-state index is 0.192. The minimum Gasteiger partial charge on any atom is -0.454 e. The van der Waals surface area contributed by atoms with E-state index in [0.717, 1.165) is 36.4 Å². The first-order chi connectivity index (χ1) is 8.24. The maximum absolute atomic E-state index is 10.8. The smallest absolute Gasteiger partial charge is 0.231 e. The highest BCUT2D eigenvalue weighted by Crippen LogP contribution is 2.32. The molecule has 92 valence electrons. The minimum absolute atomic E-state index is 0.192. The molecular formula is C13H17NO3. The molecule has 0 radical (unpaired) electrons. The van der Waals surface area contributed by atoms with Crippen molar-refractivity contribution >= 4 is 6.41 Å². The van der Waals surface area contributed by atoms with Crippen LogP contribution in [0.15, 0.2) is 18.2 Å². The van der Waals surface area contributed by atoms with E-state index in [1.165, 1.54) is 0 Å². The van der Waals surface area contributed by atoms with Crippen molar-refractivity contribution in [1.82, 2.24) is 4.90 Å². The summed E-state index contributed by atoms with van der Waals surface area (Å²) in [5.41, 5.74) is 1.15. The van der Waals surface area contributed by atoms with E-state index in [1.54, 1.807) is 4.90 Å². The third kappa shape index (κ3) is 2.52. The fourth-order valence-electron chi connectivity index (χ4n) is 2.02. The average Bonchev–Trinajstić information content (AvgIpc) is 2.77. The van der Waals surface area contributed by atoms with Crippen molar-refractivity contribution in [3.63, 3.8) is 0 Å². The lowest BCUT2D eigenvalue weighted by Crippen LogP contribution is -2.33. The number of carbonyl (C=O) groups excluding carboxylic acids is 1. The van der Waals surface area contributed by atoms with Crippen molar-refractivity contribution in [3.05, 3.63) is 23.8 Å². The highest BCUT2D eigenvalue weighted by Gasteiger charge is 2.15. The normalized spacial score (nSPS) is 14.5. The molecule has 1 atom stereocenters. The number of hydrogen-bond donors (Lipinski definition) is 0. The summed E-state index contributed by atoms with van der Waals surface area (Å²) in [5, 5.41) is 0. The molecule has 1 amide bonds. The first-order valence-corrected chi connectivity index (χ1v) is 5.84. The van der Waals surface area contributed by atoms with Crippen LogP contribution in [0.2, 0.25) is 0 Å². The van der Waals surface area contributed by atoms with Crippen molar-refractivity contribution in [3.8, 4) is 11.5 Å². The summed E-state index contributed by atoms with van der Waals surface area (Å²) in [5.74, 6) is 1.59. The van der Waals surface area contributed by atoms with Gasteiger partial charge in [0.05, 0.1) is 0 Å². The van der Waals surface area contributed by atoms with Crippen LogP contribution in [0.25, 0.3) is 0 Å². The summed E-state index contributed by atoms with van der Waals surface area (Å²) in [7, 11) is 0. The fourth-order valence-corrected chi connectivity index (χ4v) is 2.02. The molecule has 4 nitrogen and oxygen atoms in total. The van der Waals surface area contributed by atoms with Gasteiger partial charge in [0, 0.05) is 12.6 Å². The average molecular weight is 235 g/mol. The first-order valence-electron chi connectivity index (χ1n) is 5.84. The van der Waals surface area contributed by atoms with Crippen molar-refractivity contribution in [2.45, 2.75) is 26.3 Å². The maximum Gasteiger partial charge on any atom is 0.231 e. The summed E-state index contributed by atoms with van der Waals surface area (Å²) in [6.45, 7) is 5.05. The Labute approximate surface area is 101 Å². The molecule has 2 rings (SSSR count). The second-order valence-corrected chi connectivity index (χ2v) is 4.18. The number of benzene rings is 1. The molecule has 0 fully saturated rings. The van der Waals surface area contributed by atoms with Gasteiger partial charge in [0.1, 0.15) is 0 Å². The number of carbonyl (C=O) groups is 1. The van der Waals surface area contributed by atoms with Gasteiger partial charge in [0.15, 0.2) is 11.5 Å². The molecule has 0 saturated heterocycles. The van der Waals surface area contributed by atoms with Crippen LogP contribution in [-0.2, 0) is 11.2 Å². The number of ether oxygens (including phenoxy) is 2. The predicted octanol–water partition coefficient (Wildman–Crippen LogP) is 1.82. The number of fused-ring (bicyclic) bond motifs is 1. The highest BCUT2D eigenvalue weighted by molar-refractivity contribution is 5.48. The zero-order chi connectivity index (χ0) is 12.3. The van der Waals surface area contributed by atoms with Crippen molar-refractivity contribution in [2.24, 2.45) is 0 Å². The second kappa shape index (κ2) is 5.08. The van der Waals surface area contributed by atoms with Gasteiger partial charge in [-0.2, -0.15) is 0 Å². The van der Waals surface area contributed by atoms with Gasteiger partial charge in [-0.05, 0) is 38.0 Å². The van der Waals surface area contributed by atoms with Crippen molar-refractivity contribution in [1.29, 1.82) is 0 Å². The molecule has 0 bridgehead atoms. The van der Waals surface area contributed by atoms with Crippen LogP contribution in [0.4, 0.5) is 0 Å². The van der Waals surface area contributed by atoms with E-state index in [9.17, 15) is 4.79 Å². The quantitative estimate of drug-likeness (QED) is 0.731. The topological polar surface area (TPSA) is 38.8 Å². The van der Waals surface area contributed by atoms with E-state index in [1.807, 2.05) is 32.0 Å². The van der Waals surface area contributed by atoms with E-state index >= 15 is 0 Å². The second-order valence-electron chi connectivity index (χ2n) is 4.18. The molecule has 17 heavy (non-hydrogen) atoms. The van der Waals surface area contributed by atoms with E-state index in [4.69, 9.17) is 9.47 Å². The zero-order valence-electron chi connectivity index (χ0n) is 10.2. The Hall–Kier alpha value is -1.71. The Morgan fingerprint density at radius 1 is 1.41 bits per heavy atom. The lowest BCUT2D eigenvalue weighted by molar-refractivity contribution is -0.119. The van der Waals surface area contributed by atoms with Crippen LogP contribution in [0.3, 0.4) is 0 Å². The number of amides is 1. The van der Waals surface area contributed by atoms with Crippen LogP contribution in [0, 0.1) is 0 Å². The third-order valence-electron chi connectivity index (χ3n) is 3.03. The monoisotopic (exact) mass is 235 g/mol. The lowest BCUT2D eigenvalue weighted by Gasteiger charge is -2.23. The third-order valence-corrected chi connectivity index (χ3v) is 3.03. The standard InChI is InChI=1S/C13H17NO3/c1-3-14(8-15)10(2)6-11-4-5-12-13(7-11)17-9-16-12/h4-5,7-8,10H,3,6,9H2,1-2H3/t10-/m1/s1. The van der Waals surface area contributed by atoms with Crippen LogP contribution >= 0.6 is 0 Å². The van der Waals surface area contributed by atoms with Gasteiger partial charge in [-0.15, -0.1) is 0 Å². The Morgan fingerprint density at radius 2 is 2.18 bits per heavy atom. The molecule has 0 saturated carbocycles.